The van der Waals surface area contributed by atoms with Crippen molar-refractivity contribution in [2.75, 3.05) is 45.1 Å². The lowest BCUT2D eigenvalue weighted by atomic mass is 10.1. The molecule has 14 N–H and O–H groups in total. The molecule has 0 spiro atoms. The number of aromatic nitrogens is 1. The van der Waals surface area contributed by atoms with Crippen LogP contribution in [0.3, 0.4) is 0 Å². The minimum Gasteiger partial charge on any atom is -0.505 e. The predicted octanol–water partition coefficient (Wildman–Crippen LogP) is 6.45. The number of azo groups is 2. The van der Waals surface area contributed by atoms with Crippen LogP contribution in [0.4, 0.5) is 57.1 Å². The van der Waals surface area contributed by atoms with Crippen molar-refractivity contribution >= 4 is 132 Å². The highest BCUT2D eigenvalue weighted by atomic mass is 32.2. The maximum Gasteiger partial charge on any atom is 0.296 e. The molecule has 29 nitrogen and oxygen atoms in total. The highest BCUT2D eigenvalue weighted by molar-refractivity contribution is 7.94. The van der Waals surface area contributed by atoms with E-state index in [-0.39, 0.29) is 62.6 Å². The number of fused-ring (bicyclic) bond motifs is 1. The molecule has 0 radical (unpaired) electrons. The third-order valence-corrected chi connectivity index (χ3v) is 14.8. The number of phenols is 1. The molecule has 1 aromatic heterocycles. The number of phenolic OH excluding ortho intramolecular Hbond substituents is 1. The number of hydrazine groups is 1. The monoisotopic (exact) mass is 1090 g/mol. The smallest absolute Gasteiger partial charge is 0.296 e. The Hall–Kier alpha value is -6.55. The minimum atomic E-state index is -5.25. The lowest BCUT2D eigenvalue weighted by Gasteiger charge is -2.14. The average Bonchev–Trinajstić information content (AvgIpc) is 3.29. The van der Waals surface area contributed by atoms with Gasteiger partial charge in [0.15, 0.2) is 33.7 Å². The third-order valence-electron chi connectivity index (χ3n) is 8.95. The van der Waals surface area contributed by atoms with Gasteiger partial charge in [0, 0.05) is 5.69 Å². The van der Waals surface area contributed by atoms with Crippen LogP contribution in [0.2, 0.25) is 0 Å². The topological polar surface area (TPSA) is 460 Å². The summed E-state index contributed by atoms with van der Waals surface area (Å²) in [5, 5.41) is 50.2. The maximum absolute atomic E-state index is 13.2. The summed E-state index contributed by atoms with van der Waals surface area (Å²) < 4.78 is 138. The van der Waals surface area contributed by atoms with Crippen LogP contribution in [0.5, 0.6) is 5.75 Å². The summed E-state index contributed by atoms with van der Waals surface area (Å²) in [7, 11) is -18.9. The molecule has 0 atom stereocenters. The van der Waals surface area contributed by atoms with Crippen molar-refractivity contribution < 1.29 is 81.3 Å². The lowest BCUT2D eigenvalue weighted by molar-refractivity contribution is -0.434. The molecule has 0 aliphatic heterocycles. The van der Waals surface area contributed by atoms with Gasteiger partial charge in [-0.1, -0.05) is 10.1 Å². The number of sulfonamides is 1. The van der Waals surface area contributed by atoms with Crippen molar-refractivity contribution in [3.05, 3.63) is 91.0 Å². The Kier molecular flexibility index (Phi) is 16.6. The molecule has 70 heavy (non-hydrogen) atoms. The first kappa shape index (κ1) is 52.8. The fourth-order valence-electron chi connectivity index (χ4n) is 5.80. The summed E-state index contributed by atoms with van der Waals surface area (Å²) in [5.41, 5.74) is 21.9. The van der Waals surface area contributed by atoms with Gasteiger partial charge in [0.1, 0.15) is 32.7 Å². The van der Waals surface area contributed by atoms with Crippen LogP contribution in [-0.4, -0.2) is 75.7 Å². The molecule has 0 aliphatic carbocycles. The number of aromatic hydroxyl groups is 1. The van der Waals surface area contributed by atoms with Gasteiger partial charge in [-0.15, -0.1) is 24.0 Å². The Morgan fingerprint density at radius 1 is 0.671 bits per heavy atom. The number of hydrogen-bond donors (Lipinski definition) is 11. The van der Waals surface area contributed by atoms with Crippen LogP contribution in [-0.2, 0) is 63.0 Å². The quantitative estimate of drug-likeness (QED) is 0.00661. The molecule has 5 aromatic carbocycles. The van der Waals surface area contributed by atoms with E-state index in [2.05, 4.69) is 59.8 Å². The second kappa shape index (κ2) is 22.0. The number of benzene rings is 5. The van der Waals surface area contributed by atoms with Gasteiger partial charge < -0.3 is 27.7 Å². The predicted molar refractivity (Wildman–Crippen MR) is 249 cm³/mol. The summed E-state index contributed by atoms with van der Waals surface area (Å²) in [6.45, 7) is -0.547. The van der Waals surface area contributed by atoms with E-state index in [1.807, 2.05) is 0 Å². The van der Waals surface area contributed by atoms with Crippen LogP contribution in [0.25, 0.3) is 10.8 Å². The standard InChI is InChI=1S/C35H33N11O18S6/c36-29-12-11-25(35(38)39-29)43-40-19-1-3-21(4-2-19)46-68(52,53)22-7-5-20(6-8-22)41-45-33-28(70(57,58)59)16-18-15-26(65-63-61-48)32(34(47)30(18)31(33)37)44-42-24-10-9-23(17-27(24)69(54,55)56)67(50,51)14-13-60-66-64-62-49/h1-12,15-17,40,43,46-49H,13-14,37H2,(H4,36,38,39)(H,54,55,56)(H,57,58,59). The van der Waals surface area contributed by atoms with E-state index in [4.69, 9.17) is 31.9 Å². The van der Waals surface area contributed by atoms with Crippen molar-refractivity contribution in [2.45, 2.75) is 24.5 Å². The first-order valence-corrected chi connectivity index (χ1v) is 25.9. The second-order valence-electron chi connectivity index (χ2n) is 13.5. The van der Waals surface area contributed by atoms with Gasteiger partial charge >= 0.3 is 0 Å². The summed E-state index contributed by atoms with van der Waals surface area (Å²) in [4.78, 5) is 0.716. The van der Waals surface area contributed by atoms with Crippen LogP contribution < -0.4 is 32.8 Å². The Morgan fingerprint density at radius 3 is 1.96 bits per heavy atom. The van der Waals surface area contributed by atoms with E-state index in [1.165, 1.54) is 24.3 Å². The Labute approximate surface area is 403 Å². The average molecular weight is 1090 g/mol. The highest BCUT2D eigenvalue weighted by Crippen LogP contribution is 2.50. The Balaban J connectivity index is 1.29. The number of sulfone groups is 1. The van der Waals surface area contributed by atoms with Crippen LogP contribution in [0, 0.1) is 0 Å². The minimum absolute atomic E-state index is 0.0604. The summed E-state index contributed by atoms with van der Waals surface area (Å²) >= 11 is 0.227. The molecule has 6 rings (SSSR count). The van der Waals surface area contributed by atoms with Crippen LogP contribution in [0.15, 0.2) is 136 Å². The number of pyridine rings is 1. The zero-order valence-corrected chi connectivity index (χ0v) is 39.4. The van der Waals surface area contributed by atoms with E-state index in [9.17, 15) is 47.9 Å². The highest BCUT2D eigenvalue weighted by Gasteiger charge is 2.27. The number of nitrogens with two attached hydrogens (primary N) is 3. The molecule has 0 fully saturated rings. The van der Waals surface area contributed by atoms with Crippen LogP contribution in [0.1, 0.15) is 0 Å². The van der Waals surface area contributed by atoms with Crippen molar-refractivity contribution in [2.24, 2.45) is 20.5 Å². The number of rotatable bonds is 22. The zero-order valence-electron chi connectivity index (χ0n) is 34.5. The molecule has 6 aromatic rings. The number of hydrogen-bond acceptors (Lipinski definition) is 28. The summed E-state index contributed by atoms with van der Waals surface area (Å²) in [6.07, 6.45) is 0. The molecular formula is C35H33N11O18S6. The van der Waals surface area contributed by atoms with Gasteiger partial charge in [-0.05, 0) is 96.4 Å². The second-order valence-corrected chi connectivity index (χ2v) is 21.3. The molecule has 0 aliphatic rings. The SMILES string of the molecule is Nc1ccc(NNc2ccc(NS(=O)(=O)c3ccc(N=Nc4c(S(=O)(=O)O)cc5cc(SOOO)c(N=Nc6ccc(S(=O)(=O)CCOSOOO)cc6S(=O)(=O)O)c(O)c5c4N)cc3)cc2)c(N)n1. The fraction of sp³-hybridized carbons (Fsp3) is 0.0571. The van der Waals surface area contributed by atoms with Gasteiger partial charge in [0.05, 0.1) is 67.2 Å². The molecule has 372 valence electrons. The van der Waals surface area contributed by atoms with Gasteiger partial charge in [0.2, 0.25) is 0 Å². The number of nitrogens with zero attached hydrogens (tertiary/aromatic N) is 5. The number of nitrogen functional groups attached to an aromatic ring is 3. The molecular weight excluding hydrogens is 1050 g/mol. The summed E-state index contributed by atoms with van der Waals surface area (Å²) in [5.74, 6) is -1.31. The van der Waals surface area contributed by atoms with Crippen molar-refractivity contribution in [1.29, 1.82) is 0 Å². The van der Waals surface area contributed by atoms with Gasteiger partial charge in [-0.2, -0.15) is 21.9 Å². The largest absolute Gasteiger partial charge is 0.505 e. The van der Waals surface area contributed by atoms with Crippen molar-refractivity contribution in [1.82, 2.24) is 4.98 Å². The van der Waals surface area contributed by atoms with Gasteiger partial charge in [-0.3, -0.25) is 23.4 Å². The molecule has 0 unspecified atom stereocenters. The summed E-state index contributed by atoms with van der Waals surface area (Å²) in [6, 6.07) is 18.0. The number of anilines is 6. The van der Waals surface area contributed by atoms with E-state index in [0.29, 0.717) is 17.4 Å². The zero-order chi connectivity index (χ0) is 51.0. The first-order valence-electron chi connectivity index (χ1n) is 18.5. The van der Waals surface area contributed by atoms with E-state index < -0.39 is 101 Å². The van der Waals surface area contributed by atoms with Gasteiger partial charge in [0.25, 0.3) is 30.3 Å². The lowest BCUT2D eigenvalue weighted by Crippen LogP contribution is -2.13. The molecule has 1 heterocycles. The first-order chi connectivity index (χ1) is 33.0. The van der Waals surface area contributed by atoms with E-state index in [1.54, 1.807) is 24.3 Å². The molecule has 0 bridgehead atoms. The van der Waals surface area contributed by atoms with Crippen LogP contribution >= 0.6 is 24.4 Å². The Bertz CT molecular complexity index is 3450. The molecule has 35 heteroatoms. The third kappa shape index (κ3) is 13.0. The van der Waals surface area contributed by atoms with Crippen molar-refractivity contribution in [3.8, 4) is 5.75 Å². The van der Waals surface area contributed by atoms with E-state index in [0.717, 1.165) is 36.4 Å². The molecule has 0 saturated carbocycles. The Morgan fingerprint density at radius 2 is 1.31 bits per heavy atom. The van der Waals surface area contributed by atoms with Crippen molar-refractivity contribution in [3.63, 3.8) is 0 Å². The molecule has 0 amide bonds. The fourth-order valence-corrected chi connectivity index (χ4v) is 10.2. The van der Waals surface area contributed by atoms with Gasteiger partial charge in [-0.25, -0.2) is 32.3 Å². The normalized spacial score (nSPS) is 12.5. The number of nitrogens with one attached hydrogen (secondary N) is 3. The molecule has 0 saturated heterocycles. The van der Waals surface area contributed by atoms with E-state index >= 15 is 0 Å². The maximum atomic E-state index is 13.2.